The van der Waals surface area contributed by atoms with Crippen LogP contribution in [0.2, 0.25) is 0 Å². The number of esters is 1. The van der Waals surface area contributed by atoms with E-state index in [2.05, 4.69) is 0 Å². The number of ether oxygens (including phenoxy) is 1. The molecule has 56 valence electrons. The molecule has 0 saturated carbocycles. The summed E-state index contributed by atoms with van der Waals surface area (Å²) < 4.78 is 9.97. The van der Waals surface area contributed by atoms with Crippen LogP contribution in [0.25, 0.3) is 11.2 Å². The lowest BCUT2D eigenvalue weighted by Gasteiger charge is -1.94. The van der Waals surface area contributed by atoms with Crippen molar-refractivity contribution < 1.29 is 13.9 Å². The van der Waals surface area contributed by atoms with Crippen LogP contribution >= 0.6 is 0 Å². The van der Waals surface area contributed by atoms with E-state index in [-0.39, 0.29) is 5.97 Å². The fourth-order valence-corrected chi connectivity index (χ4v) is 0.998. The molecule has 0 spiro atoms. The van der Waals surface area contributed by atoms with Gasteiger partial charge in [-0.05, 0) is 12.1 Å². The van der Waals surface area contributed by atoms with Gasteiger partial charge in [0.2, 0.25) is 0 Å². The highest BCUT2D eigenvalue weighted by molar-refractivity contribution is 5.77. The molecule has 2 heterocycles. The van der Waals surface area contributed by atoms with Crippen molar-refractivity contribution in [1.82, 2.24) is 0 Å². The van der Waals surface area contributed by atoms with Gasteiger partial charge < -0.3 is 9.15 Å². The Balaban J connectivity index is 2.39. The van der Waals surface area contributed by atoms with E-state index in [9.17, 15) is 4.79 Å². The number of fused-ring (bicyclic) bond motifs is 2. The lowest BCUT2D eigenvalue weighted by molar-refractivity contribution is -0.131. The highest BCUT2D eigenvalue weighted by Gasteiger charge is 2.08. The van der Waals surface area contributed by atoms with E-state index >= 15 is 0 Å². The first-order valence-corrected chi connectivity index (χ1v) is 3.26. The average molecular weight is 150 g/mol. The zero-order valence-electron chi connectivity index (χ0n) is 5.96. The SMILES string of the molecule is CC(=O)Oc1cc2ccc1o2. The van der Waals surface area contributed by atoms with Gasteiger partial charge in [-0.3, -0.25) is 4.79 Å². The molecule has 2 aromatic rings. The number of hydrogen-bond donors (Lipinski definition) is 0. The van der Waals surface area contributed by atoms with Gasteiger partial charge in [0.25, 0.3) is 0 Å². The number of hydrogen-bond acceptors (Lipinski definition) is 3. The van der Waals surface area contributed by atoms with E-state index in [1.807, 2.05) is 6.07 Å². The first kappa shape index (κ1) is 6.22. The maximum absolute atomic E-state index is 10.5. The number of benzene rings is 1. The van der Waals surface area contributed by atoms with Gasteiger partial charge in [0.1, 0.15) is 5.58 Å². The summed E-state index contributed by atoms with van der Waals surface area (Å²) in [4.78, 5) is 10.5. The molecular weight excluding hydrogens is 144 g/mol. The minimum absolute atomic E-state index is 0.325. The molecule has 0 fully saturated rings. The van der Waals surface area contributed by atoms with Crippen molar-refractivity contribution in [2.24, 2.45) is 0 Å². The molecule has 0 radical (unpaired) electrons. The van der Waals surface area contributed by atoms with Gasteiger partial charge in [0, 0.05) is 13.0 Å². The van der Waals surface area contributed by atoms with Crippen molar-refractivity contribution in [2.45, 2.75) is 6.92 Å². The van der Waals surface area contributed by atoms with Crippen molar-refractivity contribution in [3.05, 3.63) is 18.2 Å². The predicted octanol–water partition coefficient (Wildman–Crippen LogP) is 1.80. The van der Waals surface area contributed by atoms with Gasteiger partial charge in [0.05, 0.1) is 0 Å². The quantitative estimate of drug-likeness (QED) is 0.459. The summed E-state index contributed by atoms with van der Waals surface area (Å²) >= 11 is 0. The van der Waals surface area contributed by atoms with E-state index in [1.54, 1.807) is 12.1 Å². The highest BCUT2D eigenvalue weighted by Crippen LogP contribution is 2.28. The third kappa shape index (κ3) is 0.941. The molecule has 0 unspecified atom stereocenters. The van der Waals surface area contributed by atoms with Crippen molar-refractivity contribution in [3.63, 3.8) is 0 Å². The van der Waals surface area contributed by atoms with Gasteiger partial charge >= 0.3 is 5.97 Å². The molecular formula is C8H6O3. The first-order chi connectivity index (χ1) is 5.25. The zero-order valence-corrected chi connectivity index (χ0v) is 5.96. The number of carbonyl (C=O) groups excluding carboxylic acids is 1. The Morgan fingerprint density at radius 3 is 2.82 bits per heavy atom. The monoisotopic (exact) mass is 150 g/mol. The van der Waals surface area contributed by atoms with Crippen LogP contribution in [0.4, 0.5) is 0 Å². The zero-order chi connectivity index (χ0) is 7.84. The van der Waals surface area contributed by atoms with Crippen LogP contribution in [0.1, 0.15) is 6.92 Å². The predicted molar refractivity (Wildman–Crippen MR) is 38.7 cm³/mol. The molecule has 0 aliphatic carbocycles. The number of furan rings is 2. The second-order valence-electron chi connectivity index (χ2n) is 2.30. The Hall–Kier alpha value is -1.51. The van der Waals surface area contributed by atoms with Crippen LogP contribution < -0.4 is 4.74 Å². The lowest BCUT2D eigenvalue weighted by Crippen LogP contribution is -2.00. The summed E-state index contributed by atoms with van der Waals surface area (Å²) in [5.74, 6) is 0.184. The minimum Gasteiger partial charge on any atom is -0.453 e. The van der Waals surface area contributed by atoms with E-state index < -0.39 is 0 Å². The molecule has 2 aromatic heterocycles. The van der Waals surface area contributed by atoms with Gasteiger partial charge in [0.15, 0.2) is 11.3 Å². The molecule has 0 aliphatic heterocycles. The Bertz CT molecular complexity index is 374. The summed E-state index contributed by atoms with van der Waals surface area (Å²) in [5.41, 5.74) is 1.35. The Morgan fingerprint density at radius 1 is 1.55 bits per heavy atom. The maximum Gasteiger partial charge on any atom is 0.308 e. The third-order valence-electron chi connectivity index (χ3n) is 1.40. The first-order valence-electron chi connectivity index (χ1n) is 3.26. The van der Waals surface area contributed by atoms with Crippen molar-refractivity contribution >= 4 is 17.1 Å². The molecule has 0 aromatic carbocycles. The standard InChI is InChI=1S/C8H6O3/c1-5(9)10-8-4-6-2-3-7(8)11-6/h2-4H,1H3. The highest BCUT2D eigenvalue weighted by atomic mass is 16.5. The fraction of sp³-hybridized carbons (Fsp3) is 0.125. The molecule has 0 N–H and O–H groups in total. The molecule has 0 amide bonds. The summed E-state index contributed by atoms with van der Waals surface area (Å²) in [6, 6.07) is 5.28. The van der Waals surface area contributed by atoms with Gasteiger partial charge in [-0.1, -0.05) is 0 Å². The summed E-state index contributed by atoms with van der Waals surface area (Å²) in [6.45, 7) is 1.36. The lowest BCUT2D eigenvalue weighted by atomic mass is 10.3. The van der Waals surface area contributed by atoms with E-state index in [4.69, 9.17) is 9.15 Å². The van der Waals surface area contributed by atoms with Crippen LogP contribution in [0.3, 0.4) is 0 Å². The Kier molecular flexibility index (Phi) is 1.12. The molecule has 0 aliphatic rings. The topological polar surface area (TPSA) is 39.4 Å². The largest absolute Gasteiger partial charge is 0.453 e. The molecule has 2 bridgehead atoms. The molecule has 3 heteroatoms. The normalized spacial score (nSPS) is 10.6. The number of carbonyl (C=O) groups is 1. The average Bonchev–Trinajstić information content (AvgIpc) is 2.45. The third-order valence-corrected chi connectivity index (χ3v) is 1.40. The van der Waals surface area contributed by atoms with Crippen molar-refractivity contribution in [1.29, 1.82) is 0 Å². The Labute approximate surface area is 62.9 Å². The van der Waals surface area contributed by atoms with Crippen molar-refractivity contribution in [2.75, 3.05) is 0 Å². The van der Waals surface area contributed by atoms with Gasteiger partial charge in [-0.25, -0.2) is 0 Å². The molecule has 3 nitrogen and oxygen atoms in total. The molecule has 11 heavy (non-hydrogen) atoms. The maximum atomic E-state index is 10.5. The summed E-state index contributed by atoms with van der Waals surface area (Å²) in [7, 11) is 0. The van der Waals surface area contributed by atoms with Gasteiger partial charge in [-0.15, -0.1) is 0 Å². The molecule has 0 saturated heterocycles. The van der Waals surface area contributed by atoms with Crippen LogP contribution in [-0.2, 0) is 4.79 Å². The molecule has 0 atom stereocenters. The van der Waals surface area contributed by atoms with Crippen LogP contribution in [0, 0.1) is 0 Å². The summed E-state index contributed by atoms with van der Waals surface area (Å²) in [5, 5.41) is 0. The second-order valence-corrected chi connectivity index (χ2v) is 2.30. The van der Waals surface area contributed by atoms with Crippen LogP contribution in [-0.4, -0.2) is 5.97 Å². The minimum atomic E-state index is -0.325. The number of rotatable bonds is 1. The van der Waals surface area contributed by atoms with Crippen molar-refractivity contribution in [3.8, 4) is 5.75 Å². The summed E-state index contributed by atoms with van der Waals surface area (Å²) in [6.07, 6.45) is 0. The molecule has 2 rings (SSSR count). The van der Waals surface area contributed by atoms with Crippen LogP contribution in [0.5, 0.6) is 5.75 Å². The van der Waals surface area contributed by atoms with E-state index in [1.165, 1.54) is 6.92 Å². The smallest absolute Gasteiger partial charge is 0.308 e. The van der Waals surface area contributed by atoms with E-state index in [0.717, 1.165) is 5.58 Å². The fourth-order valence-electron chi connectivity index (χ4n) is 0.998. The van der Waals surface area contributed by atoms with E-state index in [0.29, 0.717) is 11.3 Å². The Morgan fingerprint density at radius 2 is 2.36 bits per heavy atom. The van der Waals surface area contributed by atoms with Crippen LogP contribution in [0.15, 0.2) is 22.6 Å². The second kappa shape index (κ2) is 1.99. The van der Waals surface area contributed by atoms with Gasteiger partial charge in [-0.2, -0.15) is 0 Å².